The Morgan fingerprint density at radius 3 is 2.41 bits per heavy atom. The molecule has 0 fully saturated rings. The average molecular weight is 433 g/mol. The van der Waals surface area contributed by atoms with Crippen molar-refractivity contribution in [2.75, 3.05) is 6.54 Å². The molecule has 8 heteroatoms. The standard InChI is InChI=1S/C24H23N3O5/c1-13-16(3-4-17-19(13)11-31-23(17)29)22(28)9-25-7-15-8-26-27(10-15)21-6-5-18-20(14(21)2)12-32-24(18)30/h3-6,8,10,22,25,28H,7,9,11-12H2,1-2H3. The quantitative estimate of drug-likeness (QED) is 0.576. The number of carbonyl (C=O) groups excluding carboxylic acids is 2. The second-order valence-electron chi connectivity index (χ2n) is 8.13. The largest absolute Gasteiger partial charge is 0.457 e. The number of esters is 2. The fourth-order valence-corrected chi connectivity index (χ4v) is 4.36. The average Bonchev–Trinajstić information content (AvgIpc) is 3.49. The third-order valence-electron chi connectivity index (χ3n) is 6.25. The maximum atomic E-state index is 11.7. The fourth-order valence-electron chi connectivity index (χ4n) is 4.36. The monoisotopic (exact) mass is 433 g/mol. The van der Waals surface area contributed by atoms with E-state index >= 15 is 0 Å². The van der Waals surface area contributed by atoms with Crippen molar-refractivity contribution in [3.8, 4) is 5.69 Å². The highest BCUT2D eigenvalue weighted by atomic mass is 16.5. The van der Waals surface area contributed by atoms with Gasteiger partial charge in [-0.25, -0.2) is 14.3 Å². The number of aliphatic hydroxyl groups excluding tert-OH is 1. The van der Waals surface area contributed by atoms with Gasteiger partial charge in [-0.3, -0.25) is 0 Å². The molecule has 0 spiro atoms. The molecule has 2 aliphatic rings. The Morgan fingerprint density at radius 1 is 1.03 bits per heavy atom. The summed E-state index contributed by atoms with van der Waals surface area (Å²) < 4.78 is 12.0. The minimum absolute atomic E-state index is 0.259. The van der Waals surface area contributed by atoms with E-state index in [1.54, 1.807) is 29.1 Å². The van der Waals surface area contributed by atoms with Crippen LogP contribution in [0.3, 0.4) is 0 Å². The molecule has 0 saturated carbocycles. The molecular formula is C24H23N3O5. The summed E-state index contributed by atoms with van der Waals surface area (Å²) in [4.78, 5) is 23.4. The molecule has 2 aromatic carbocycles. The first-order valence-electron chi connectivity index (χ1n) is 10.5. The molecule has 0 bridgehead atoms. The van der Waals surface area contributed by atoms with Crippen LogP contribution < -0.4 is 5.32 Å². The molecule has 3 heterocycles. The second kappa shape index (κ2) is 7.89. The SMILES string of the molecule is Cc1c(C(O)CNCc2cnn(-c3ccc4c(c3C)COC4=O)c2)ccc2c1COC2=O. The predicted molar refractivity (Wildman–Crippen MR) is 114 cm³/mol. The lowest BCUT2D eigenvalue weighted by atomic mass is 9.95. The number of nitrogens with zero attached hydrogens (tertiary/aromatic N) is 2. The number of aromatic nitrogens is 2. The lowest BCUT2D eigenvalue weighted by Gasteiger charge is -2.16. The molecule has 2 aliphatic heterocycles. The van der Waals surface area contributed by atoms with E-state index in [1.165, 1.54) is 0 Å². The number of cyclic esters (lactones) is 2. The summed E-state index contributed by atoms with van der Waals surface area (Å²) in [7, 11) is 0. The van der Waals surface area contributed by atoms with Crippen molar-refractivity contribution in [3.63, 3.8) is 0 Å². The van der Waals surface area contributed by atoms with Crippen molar-refractivity contribution in [1.82, 2.24) is 15.1 Å². The van der Waals surface area contributed by atoms with E-state index < -0.39 is 6.10 Å². The van der Waals surface area contributed by atoms with Crippen LogP contribution in [0.2, 0.25) is 0 Å². The van der Waals surface area contributed by atoms with Crippen molar-refractivity contribution in [3.05, 3.63) is 81.2 Å². The Hall–Kier alpha value is -3.49. The van der Waals surface area contributed by atoms with Gasteiger partial charge in [-0.1, -0.05) is 6.07 Å². The number of rotatable bonds is 6. The summed E-state index contributed by atoms with van der Waals surface area (Å²) in [6, 6.07) is 7.16. The van der Waals surface area contributed by atoms with Crippen molar-refractivity contribution >= 4 is 11.9 Å². The van der Waals surface area contributed by atoms with E-state index in [0.717, 1.165) is 39.1 Å². The lowest BCUT2D eigenvalue weighted by Crippen LogP contribution is -2.21. The molecule has 2 N–H and O–H groups in total. The van der Waals surface area contributed by atoms with Crippen LogP contribution in [0.15, 0.2) is 36.7 Å². The third kappa shape index (κ3) is 3.37. The molecule has 0 amide bonds. The highest BCUT2D eigenvalue weighted by Gasteiger charge is 2.26. The molecular weight excluding hydrogens is 410 g/mol. The van der Waals surface area contributed by atoms with E-state index in [4.69, 9.17) is 9.47 Å². The second-order valence-corrected chi connectivity index (χ2v) is 8.13. The van der Waals surface area contributed by atoms with Crippen molar-refractivity contribution in [1.29, 1.82) is 0 Å². The number of ether oxygens (including phenoxy) is 2. The van der Waals surface area contributed by atoms with Gasteiger partial charge < -0.3 is 19.9 Å². The maximum absolute atomic E-state index is 11.7. The van der Waals surface area contributed by atoms with Crippen LogP contribution in [-0.4, -0.2) is 33.4 Å². The Balaban J connectivity index is 1.24. The molecule has 5 rings (SSSR count). The summed E-state index contributed by atoms with van der Waals surface area (Å²) in [5.74, 6) is -0.590. The molecule has 8 nitrogen and oxygen atoms in total. The van der Waals surface area contributed by atoms with Crippen LogP contribution in [0.4, 0.5) is 0 Å². The minimum Gasteiger partial charge on any atom is -0.457 e. The van der Waals surface area contributed by atoms with Gasteiger partial charge in [0.25, 0.3) is 0 Å². The van der Waals surface area contributed by atoms with Gasteiger partial charge in [0.2, 0.25) is 0 Å². The Labute approximate surface area is 184 Å². The fraction of sp³-hybridized carbons (Fsp3) is 0.292. The van der Waals surface area contributed by atoms with Gasteiger partial charge in [-0.05, 0) is 48.7 Å². The van der Waals surface area contributed by atoms with Crippen LogP contribution in [0.25, 0.3) is 5.69 Å². The van der Waals surface area contributed by atoms with Crippen LogP contribution in [0.5, 0.6) is 0 Å². The number of aliphatic hydroxyl groups is 1. The zero-order valence-corrected chi connectivity index (χ0v) is 17.8. The zero-order chi connectivity index (χ0) is 22.4. The Morgan fingerprint density at radius 2 is 1.69 bits per heavy atom. The van der Waals surface area contributed by atoms with Gasteiger partial charge in [0.1, 0.15) is 13.2 Å². The maximum Gasteiger partial charge on any atom is 0.338 e. The van der Waals surface area contributed by atoms with Crippen LogP contribution in [0.1, 0.15) is 60.2 Å². The molecule has 1 atom stereocenters. The Bertz CT molecular complexity index is 1250. The van der Waals surface area contributed by atoms with Crippen LogP contribution >= 0.6 is 0 Å². The Kier molecular flexibility index (Phi) is 5.03. The van der Waals surface area contributed by atoms with Crippen LogP contribution in [0, 0.1) is 13.8 Å². The van der Waals surface area contributed by atoms with Crippen molar-refractivity contribution < 1.29 is 24.2 Å². The summed E-state index contributed by atoms with van der Waals surface area (Å²) in [6.45, 7) is 5.31. The summed E-state index contributed by atoms with van der Waals surface area (Å²) in [5, 5.41) is 18.4. The first-order valence-corrected chi connectivity index (χ1v) is 10.5. The first-order chi connectivity index (χ1) is 15.4. The van der Waals surface area contributed by atoms with Crippen LogP contribution in [-0.2, 0) is 29.2 Å². The summed E-state index contributed by atoms with van der Waals surface area (Å²) in [6.07, 6.45) is 3.00. The molecule has 0 saturated heterocycles. The van der Waals surface area contributed by atoms with E-state index in [-0.39, 0.29) is 18.5 Å². The molecule has 0 radical (unpaired) electrons. The number of hydrogen-bond donors (Lipinski definition) is 2. The smallest absolute Gasteiger partial charge is 0.338 e. The highest BCUT2D eigenvalue weighted by Crippen LogP contribution is 2.29. The number of nitrogens with one attached hydrogen (secondary N) is 1. The third-order valence-corrected chi connectivity index (χ3v) is 6.25. The minimum atomic E-state index is -0.706. The number of fused-ring (bicyclic) bond motifs is 2. The number of hydrogen-bond acceptors (Lipinski definition) is 7. The van der Waals surface area contributed by atoms with Gasteiger partial charge in [0.05, 0.1) is 29.1 Å². The van der Waals surface area contributed by atoms with E-state index in [9.17, 15) is 14.7 Å². The first kappa shape index (κ1) is 20.4. The number of benzene rings is 2. The van der Waals surface area contributed by atoms with Gasteiger partial charge in [0, 0.05) is 36.0 Å². The molecule has 32 heavy (non-hydrogen) atoms. The van der Waals surface area contributed by atoms with E-state index in [0.29, 0.717) is 30.8 Å². The normalized spacial score (nSPS) is 15.3. The highest BCUT2D eigenvalue weighted by molar-refractivity contribution is 5.94. The summed E-state index contributed by atoms with van der Waals surface area (Å²) >= 11 is 0. The number of carbonyl (C=O) groups is 2. The molecule has 1 aromatic heterocycles. The van der Waals surface area contributed by atoms with Crippen molar-refractivity contribution in [2.45, 2.75) is 39.7 Å². The molecule has 3 aromatic rings. The van der Waals surface area contributed by atoms with Gasteiger partial charge in [-0.2, -0.15) is 5.10 Å². The lowest BCUT2D eigenvalue weighted by molar-refractivity contribution is 0.0526. The van der Waals surface area contributed by atoms with Crippen molar-refractivity contribution in [2.24, 2.45) is 0 Å². The molecule has 164 valence electrons. The van der Waals surface area contributed by atoms with E-state index in [2.05, 4.69) is 10.4 Å². The van der Waals surface area contributed by atoms with Gasteiger partial charge in [-0.15, -0.1) is 0 Å². The predicted octanol–water partition coefficient (Wildman–Crippen LogP) is 2.65. The van der Waals surface area contributed by atoms with Gasteiger partial charge >= 0.3 is 11.9 Å². The van der Waals surface area contributed by atoms with Gasteiger partial charge in [0.15, 0.2) is 0 Å². The summed E-state index contributed by atoms with van der Waals surface area (Å²) in [5.41, 5.74) is 7.48. The zero-order valence-electron chi connectivity index (χ0n) is 17.8. The van der Waals surface area contributed by atoms with E-state index in [1.807, 2.05) is 26.1 Å². The molecule has 1 unspecified atom stereocenters. The topological polar surface area (TPSA) is 103 Å². The molecule has 0 aliphatic carbocycles.